The van der Waals surface area contributed by atoms with E-state index in [0.717, 1.165) is 63.2 Å². The van der Waals surface area contributed by atoms with Crippen LogP contribution < -0.4 is 9.64 Å². The standard InChI is InChI=1S/C29H34FN5O/c1-19-14-23-8-7-22(16-26(23)31-19)21-9-10-27-24(15-21)17-35(12-13-36-27)29-25(6-5-11-30)20(2)32-28(33-29)18-34(3)4/h7-10,15-16H,5-6,11-14,17-18H2,1-4H3. The van der Waals surface area contributed by atoms with Gasteiger partial charge >= 0.3 is 0 Å². The lowest BCUT2D eigenvalue weighted by atomic mass is 9.99. The summed E-state index contributed by atoms with van der Waals surface area (Å²) in [5, 5.41) is 0. The number of anilines is 1. The molecule has 0 saturated carbocycles. The van der Waals surface area contributed by atoms with Crippen LogP contribution in [-0.2, 0) is 25.9 Å². The predicted octanol–water partition coefficient (Wildman–Crippen LogP) is 5.46. The second-order valence-corrected chi connectivity index (χ2v) is 10.0. The molecule has 0 unspecified atom stereocenters. The number of rotatable bonds is 7. The van der Waals surface area contributed by atoms with Gasteiger partial charge in [0.15, 0.2) is 0 Å². The van der Waals surface area contributed by atoms with Gasteiger partial charge in [-0.3, -0.25) is 9.38 Å². The zero-order chi connectivity index (χ0) is 25.2. The fraction of sp³-hybridized carbons (Fsp3) is 0.414. The molecule has 1 aromatic heterocycles. The molecule has 0 aliphatic carbocycles. The van der Waals surface area contributed by atoms with Crippen molar-refractivity contribution in [1.82, 2.24) is 14.9 Å². The van der Waals surface area contributed by atoms with Crippen LogP contribution in [0.4, 0.5) is 15.9 Å². The number of halogens is 1. The molecule has 188 valence electrons. The van der Waals surface area contributed by atoms with Gasteiger partial charge in [0.05, 0.1) is 25.5 Å². The number of nitrogens with zero attached hydrogens (tertiary/aromatic N) is 5. The van der Waals surface area contributed by atoms with Gasteiger partial charge in [0, 0.05) is 35.5 Å². The fourth-order valence-electron chi connectivity index (χ4n) is 5.06. The lowest BCUT2D eigenvalue weighted by Gasteiger charge is -2.26. The van der Waals surface area contributed by atoms with Crippen molar-refractivity contribution >= 4 is 17.2 Å². The van der Waals surface area contributed by atoms with Gasteiger partial charge in [0.2, 0.25) is 0 Å². The van der Waals surface area contributed by atoms with Gasteiger partial charge in [-0.25, -0.2) is 9.97 Å². The molecular weight excluding hydrogens is 453 g/mol. The molecule has 0 spiro atoms. The number of fused-ring (bicyclic) bond motifs is 2. The number of aromatic nitrogens is 2. The summed E-state index contributed by atoms with van der Waals surface area (Å²) in [6.07, 6.45) is 2.02. The molecule has 36 heavy (non-hydrogen) atoms. The Kier molecular flexibility index (Phi) is 7.01. The van der Waals surface area contributed by atoms with Crippen LogP contribution >= 0.6 is 0 Å². The van der Waals surface area contributed by atoms with Crippen molar-refractivity contribution in [3.63, 3.8) is 0 Å². The van der Waals surface area contributed by atoms with Crippen molar-refractivity contribution in [2.45, 2.75) is 46.2 Å². The van der Waals surface area contributed by atoms with E-state index in [1.165, 1.54) is 5.56 Å². The number of aryl methyl sites for hydroxylation is 1. The van der Waals surface area contributed by atoms with E-state index in [0.29, 0.717) is 39.1 Å². The van der Waals surface area contributed by atoms with Gasteiger partial charge in [-0.05, 0) is 75.7 Å². The van der Waals surface area contributed by atoms with Crippen LogP contribution in [0, 0.1) is 6.92 Å². The van der Waals surface area contributed by atoms with Crippen LogP contribution in [-0.4, -0.2) is 54.5 Å². The van der Waals surface area contributed by atoms with Crippen LogP contribution in [0.2, 0.25) is 0 Å². The van der Waals surface area contributed by atoms with Crippen molar-refractivity contribution in [2.75, 3.05) is 38.8 Å². The molecule has 3 aromatic rings. The van der Waals surface area contributed by atoms with E-state index < -0.39 is 0 Å². The van der Waals surface area contributed by atoms with Crippen molar-refractivity contribution in [3.8, 4) is 16.9 Å². The van der Waals surface area contributed by atoms with Crippen LogP contribution in [0.25, 0.3) is 11.1 Å². The van der Waals surface area contributed by atoms with Crippen molar-refractivity contribution in [3.05, 3.63) is 64.6 Å². The maximum atomic E-state index is 13.1. The second-order valence-electron chi connectivity index (χ2n) is 10.0. The Morgan fingerprint density at radius 2 is 1.83 bits per heavy atom. The molecule has 0 bridgehead atoms. The highest BCUT2D eigenvalue weighted by atomic mass is 19.1. The van der Waals surface area contributed by atoms with Gasteiger partial charge in [-0.15, -0.1) is 0 Å². The number of hydrogen-bond acceptors (Lipinski definition) is 6. The Morgan fingerprint density at radius 1 is 1.03 bits per heavy atom. The van der Waals surface area contributed by atoms with Crippen molar-refractivity contribution < 1.29 is 9.13 Å². The van der Waals surface area contributed by atoms with Crippen LogP contribution in [0.5, 0.6) is 5.75 Å². The third kappa shape index (κ3) is 5.12. The smallest absolute Gasteiger partial charge is 0.144 e. The second kappa shape index (κ2) is 10.3. The summed E-state index contributed by atoms with van der Waals surface area (Å²) in [6, 6.07) is 13.0. The minimum atomic E-state index is -0.349. The van der Waals surface area contributed by atoms with Gasteiger partial charge in [0.25, 0.3) is 0 Å². The Labute approximate surface area is 212 Å². The molecule has 2 aromatic carbocycles. The zero-order valence-electron chi connectivity index (χ0n) is 21.6. The van der Waals surface area contributed by atoms with E-state index in [1.54, 1.807) is 0 Å². The van der Waals surface area contributed by atoms with Crippen molar-refractivity contribution in [1.29, 1.82) is 0 Å². The molecule has 0 saturated heterocycles. The first-order valence-corrected chi connectivity index (χ1v) is 12.7. The average molecular weight is 488 g/mol. The SMILES string of the molecule is CC1=Nc2cc(-c3ccc4c(c3)CN(c3nc(CN(C)C)nc(C)c3CCCF)CCO4)ccc2C1. The van der Waals surface area contributed by atoms with Crippen molar-refractivity contribution in [2.24, 2.45) is 4.99 Å². The van der Waals surface area contributed by atoms with E-state index in [9.17, 15) is 4.39 Å². The molecule has 2 aliphatic heterocycles. The molecule has 0 radical (unpaired) electrons. The minimum absolute atomic E-state index is 0.349. The van der Waals surface area contributed by atoms with E-state index in [2.05, 4.69) is 53.1 Å². The third-order valence-corrected chi connectivity index (χ3v) is 6.77. The normalized spacial score (nSPS) is 14.8. The van der Waals surface area contributed by atoms with E-state index in [1.807, 2.05) is 21.0 Å². The first-order valence-electron chi connectivity index (χ1n) is 12.7. The highest BCUT2D eigenvalue weighted by Gasteiger charge is 2.23. The fourth-order valence-corrected chi connectivity index (χ4v) is 5.06. The molecule has 3 heterocycles. The minimum Gasteiger partial charge on any atom is -0.491 e. The molecule has 0 fully saturated rings. The number of benzene rings is 2. The molecular formula is C29H34FN5O. The molecule has 0 N–H and O–H groups in total. The molecule has 0 atom stereocenters. The zero-order valence-corrected chi connectivity index (χ0v) is 21.6. The van der Waals surface area contributed by atoms with Gasteiger partial charge in [0.1, 0.15) is 24.0 Å². The largest absolute Gasteiger partial charge is 0.491 e. The summed E-state index contributed by atoms with van der Waals surface area (Å²) in [7, 11) is 4.02. The van der Waals surface area contributed by atoms with Gasteiger partial charge in [-0.1, -0.05) is 18.2 Å². The Hall–Kier alpha value is -3.32. The number of hydrogen-bond donors (Lipinski definition) is 0. The summed E-state index contributed by atoms with van der Waals surface area (Å²) < 4.78 is 19.3. The summed E-state index contributed by atoms with van der Waals surface area (Å²) in [5.41, 5.74) is 8.89. The highest BCUT2D eigenvalue weighted by molar-refractivity contribution is 5.93. The number of ether oxygens (including phenoxy) is 1. The first-order chi connectivity index (χ1) is 17.4. The molecule has 6 nitrogen and oxygen atoms in total. The van der Waals surface area contributed by atoms with E-state index in [4.69, 9.17) is 19.7 Å². The molecule has 5 rings (SSSR count). The summed E-state index contributed by atoms with van der Waals surface area (Å²) >= 11 is 0. The Bertz CT molecular complexity index is 1300. The van der Waals surface area contributed by atoms with Crippen LogP contribution in [0.3, 0.4) is 0 Å². The van der Waals surface area contributed by atoms with E-state index >= 15 is 0 Å². The Balaban J connectivity index is 1.50. The lowest BCUT2D eigenvalue weighted by molar-refractivity contribution is 0.331. The monoisotopic (exact) mass is 487 g/mol. The molecule has 7 heteroatoms. The Morgan fingerprint density at radius 3 is 2.64 bits per heavy atom. The third-order valence-electron chi connectivity index (χ3n) is 6.77. The molecule has 0 amide bonds. The molecule has 2 aliphatic rings. The van der Waals surface area contributed by atoms with Crippen LogP contribution in [0.1, 0.15) is 41.6 Å². The van der Waals surface area contributed by atoms with E-state index in [-0.39, 0.29) is 6.67 Å². The van der Waals surface area contributed by atoms with Gasteiger partial charge in [-0.2, -0.15) is 0 Å². The quantitative estimate of drug-likeness (QED) is 0.443. The number of alkyl halides is 1. The average Bonchev–Trinajstić information content (AvgIpc) is 3.08. The number of aliphatic imine (C=N–C) groups is 1. The predicted molar refractivity (Wildman–Crippen MR) is 143 cm³/mol. The summed E-state index contributed by atoms with van der Waals surface area (Å²) in [6.45, 7) is 6.34. The summed E-state index contributed by atoms with van der Waals surface area (Å²) in [5.74, 6) is 2.59. The van der Waals surface area contributed by atoms with Crippen LogP contribution in [0.15, 0.2) is 41.4 Å². The lowest BCUT2D eigenvalue weighted by Crippen LogP contribution is -2.29. The topological polar surface area (TPSA) is 53.9 Å². The highest BCUT2D eigenvalue weighted by Crippen LogP contribution is 2.35. The maximum absolute atomic E-state index is 13.1. The summed E-state index contributed by atoms with van der Waals surface area (Å²) in [4.78, 5) is 18.7. The first kappa shape index (κ1) is 24.4. The van der Waals surface area contributed by atoms with Gasteiger partial charge < -0.3 is 14.5 Å². The maximum Gasteiger partial charge on any atom is 0.144 e.